The van der Waals surface area contributed by atoms with Crippen molar-refractivity contribution in [2.45, 2.75) is 23.0 Å². The number of aryl methyl sites for hydroxylation is 2. The lowest BCUT2D eigenvalue weighted by Crippen LogP contribution is -2.40. The number of nitrogens with zero attached hydrogens (tertiary/aromatic N) is 2. The number of thioether (sulfide) groups is 1. The number of rotatable bonds is 5. The van der Waals surface area contributed by atoms with Crippen LogP contribution in [0.4, 0.5) is 5.13 Å². The van der Waals surface area contributed by atoms with Crippen LogP contribution in [0.1, 0.15) is 21.6 Å². The van der Waals surface area contributed by atoms with E-state index in [9.17, 15) is 13.2 Å². The average Bonchev–Trinajstić information content (AvgIpc) is 3.01. The topological polar surface area (TPSA) is 88.6 Å². The molecule has 0 aliphatic carbocycles. The Balaban J connectivity index is 1.87. The van der Waals surface area contributed by atoms with Crippen LogP contribution in [0, 0.1) is 13.8 Å². The molecule has 7 nitrogen and oxygen atoms in total. The molecule has 10 heteroatoms. The van der Waals surface area contributed by atoms with Crippen molar-refractivity contribution in [2.24, 2.45) is 0 Å². The number of carbonyl (C=O) groups excluding carboxylic acids is 1. The van der Waals surface area contributed by atoms with Crippen LogP contribution in [0.5, 0.6) is 0 Å². The Morgan fingerprint density at radius 3 is 2.63 bits per heavy atom. The third-order valence-electron chi connectivity index (χ3n) is 4.22. The van der Waals surface area contributed by atoms with Crippen molar-refractivity contribution >= 4 is 44.2 Å². The van der Waals surface area contributed by atoms with E-state index >= 15 is 0 Å². The van der Waals surface area contributed by atoms with E-state index in [1.165, 1.54) is 27.8 Å². The number of thiazole rings is 1. The summed E-state index contributed by atoms with van der Waals surface area (Å²) in [5, 5.41) is 3.28. The summed E-state index contributed by atoms with van der Waals surface area (Å²) < 4.78 is 33.3. The van der Waals surface area contributed by atoms with E-state index in [0.717, 1.165) is 9.90 Å². The van der Waals surface area contributed by atoms with Gasteiger partial charge in [0.05, 0.1) is 28.0 Å². The summed E-state index contributed by atoms with van der Waals surface area (Å²) in [6, 6.07) is 4.63. The normalized spacial score (nSPS) is 15.7. The van der Waals surface area contributed by atoms with Crippen LogP contribution >= 0.6 is 23.1 Å². The Morgan fingerprint density at radius 2 is 2.00 bits per heavy atom. The molecule has 1 aliphatic rings. The van der Waals surface area contributed by atoms with Crippen molar-refractivity contribution in [2.75, 3.05) is 37.9 Å². The maximum absolute atomic E-state index is 12.8. The van der Waals surface area contributed by atoms with Crippen LogP contribution in [0.2, 0.25) is 0 Å². The number of ether oxygens (including phenoxy) is 1. The summed E-state index contributed by atoms with van der Waals surface area (Å²) in [5.41, 5.74) is 1.89. The molecule has 27 heavy (non-hydrogen) atoms. The van der Waals surface area contributed by atoms with Gasteiger partial charge in [0.15, 0.2) is 5.13 Å². The second-order valence-electron chi connectivity index (χ2n) is 6.04. The van der Waals surface area contributed by atoms with Gasteiger partial charge in [0.1, 0.15) is 0 Å². The van der Waals surface area contributed by atoms with Crippen molar-refractivity contribution < 1.29 is 17.9 Å². The molecule has 2 aromatic rings. The second kappa shape index (κ2) is 8.27. The van der Waals surface area contributed by atoms with Gasteiger partial charge in [0.25, 0.3) is 5.91 Å². The molecule has 1 fully saturated rings. The Morgan fingerprint density at radius 1 is 1.30 bits per heavy atom. The van der Waals surface area contributed by atoms with E-state index in [1.807, 2.05) is 13.2 Å². The number of hydrogen-bond donors (Lipinski definition) is 1. The number of carbonyl (C=O) groups is 1. The predicted octanol–water partition coefficient (Wildman–Crippen LogP) is 2.76. The zero-order chi connectivity index (χ0) is 19.6. The SMILES string of the molecule is CSc1sc(NC(=O)c2cc(S(=O)(=O)N3CCOCC3)ccc2C)nc1C. The lowest BCUT2D eigenvalue weighted by atomic mass is 10.1. The van der Waals surface area contributed by atoms with E-state index in [4.69, 9.17) is 4.74 Å². The first-order valence-corrected chi connectivity index (χ1v) is 11.8. The smallest absolute Gasteiger partial charge is 0.257 e. The maximum Gasteiger partial charge on any atom is 0.257 e. The molecule has 0 bridgehead atoms. The van der Waals surface area contributed by atoms with Crippen LogP contribution in [0.3, 0.4) is 0 Å². The van der Waals surface area contributed by atoms with Crippen molar-refractivity contribution in [3.8, 4) is 0 Å². The fourth-order valence-corrected chi connectivity index (χ4v) is 5.77. The quantitative estimate of drug-likeness (QED) is 0.738. The van der Waals surface area contributed by atoms with Gasteiger partial charge in [-0.2, -0.15) is 4.31 Å². The summed E-state index contributed by atoms with van der Waals surface area (Å²) in [6.45, 7) is 5.04. The first-order chi connectivity index (χ1) is 12.8. The van der Waals surface area contributed by atoms with Crippen LogP contribution in [0.25, 0.3) is 0 Å². The minimum absolute atomic E-state index is 0.111. The fraction of sp³-hybridized carbons (Fsp3) is 0.412. The molecule has 3 rings (SSSR count). The number of morpholine rings is 1. The van der Waals surface area contributed by atoms with Gasteiger partial charge in [0, 0.05) is 18.7 Å². The molecule has 1 saturated heterocycles. The molecule has 0 saturated carbocycles. The zero-order valence-corrected chi connectivity index (χ0v) is 17.8. The molecule has 1 N–H and O–H groups in total. The third kappa shape index (κ3) is 4.35. The average molecular weight is 428 g/mol. The van der Waals surface area contributed by atoms with E-state index in [-0.39, 0.29) is 10.8 Å². The number of amides is 1. The Labute approximate surface area is 167 Å². The highest BCUT2D eigenvalue weighted by Gasteiger charge is 2.27. The van der Waals surface area contributed by atoms with Gasteiger partial charge in [0.2, 0.25) is 10.0 Å². The molecule has 2 heterocycles. The monoisotopic (exact) mass is 427 g/mol. The number of aromatic nitrogens is 1. The van der Waals surface area contributed by atoms with Crippen molar-refractivity contribution in [1.29, 1.82) is 0 Å². The van der Waals surface area contributed by atoms with E-state index in [2.05, 4.69) is 10.3 Å². The first kappa shape index (κ1) is 20.3. The highest BCUT2D eigenvalue weighted by atomic mass is 32.2. The second-order valence-corrected chi connectivity index (χ2v) is 10.1. The molecule has 0 unspecified atom stereocenters. The van der Waals surface area contributed by atoms with Crippen LogP contribution in [0.15, 0.2) is 27.3 Å². The highest BCUT2D eigenvalue weighted by Crippen LogP contribution is 2.30. The lowest BCUT2D eigenvalue weighted by Gasteiger charge is -2.26. The van der Waals surface area contributed by atoms with Gasteiger partial charge < -0.3 is 4.74 Å². The molecule has 0 radical (unpaired) electrons. The number of benzene rings is 1. The zero-order valence-electron chi connectivity index (χ0n) is 15.3. The van der Waals surface area contributed by atoms with Gasteiger partial charge in [-0.3, -0.25) is 10.1 Å². The molecule has 1 amide bonds. The van der Waals surface area contributed by atoms with Gasteiger partial charge in [-0.25, -0.2) is 13.4 Å². The number of nitrogens with one attached hydrogen (secondary N) is 1. The molecule has 1 aromatic heterocycles. The number of anilines is 1. The van der Waals surface area contributed by atoms with E-state index in [1.54, 1.807) is 24.8 Å². The molecular weight excluding hydrogens is 406 g/mol. The number of hydrogen-bond acceptors (Lipinski definition) is 7. The first-order valence-electron chi connectivity index (χ1n) is 8.34. The van der Waals surface area contributed by atoms with Gasteiger partial charge in [-0.05, 0) is 37.8 Å². The Bertz CT molecular complexity index is 950. The Kier molecular flexibility index (Phi) is 6.21. The minimum atomic E-state index is -3.66. The molecule has 146 valence electrons. The van der Waals surface area contributed by atoms with Gasteiger partial charge in [-0.15, -0.1) is 11.8 Å². The van der Waals surface area contributed by atoms with Crippen molar-refractivity contribution in [3.05, 3.63) is 35.0 Å². The van der Waals surface area contributed by atoms with Crippen molar-refractivity contribution in [1.82, 2.24) is 9.29 Å². The van der Waals surface area contributed by atoms with Crippen molar-refractivity contribution in [3.63, 3.8) is 0 Å². The highest BCUT2D eigenvalue weighted by molar-refractivity contribution is 8.00. The Hall–Kier alpha value is -1.46. The molecule has 0 atom stereocenters. The summed E-state index contributed by atoms with van der Waals surface area (Å²) >= 11 is 2.97. The van der Waals surface area contributed by atoms with Crippen LogP contribution < -0.4 is 5.32 Å². The summed E-state index contributed by atoms with van der Waals surface area (Å²) in [6.07, 6.45) is 1.95. The summed E-state index contributed by atoms with van der Waals surface area (Å²) in [5.74, 6) is -0.368. The largest absolute Gasteiger partial charge is 0.379 e. The number of sulfonamides is 1. The molecular formula is C17H21N3O4S3. The van der Waals surface area contributed by atoms with Crippen LogP contribution in [-0.2, 0) is 14.8 Å². The minimum Gasteiger partial charge on any atom is -0.379 e. The third-order valence-corrected chi connectivity index (χ3v) is 8.40. The van der Waals surface area contributed by atoms with Crippen LogP contribution in [-0.4, -0.2) is 56.2 Å². The standard InChI is InChI=1S/C17H21N3O4S3/c1-11-4-5-13(27(22,23)20-6-8-24-9-7-20)10-14(11)15(21)19-17-18-12(2)16(25-3)26-17/h4-5,10H,6-9H2,1-3H3,(H,18,19,21). The predicted molar refractivity (Wildman–Crippen MR) is 107 cm³/mol. The maximum atomic E-state index is 12.8. The van der Waals surface area contributed by atoms with E-state index in [0.29, 0.717) is 42.6 Å². The fourth-order valence-electron chi connectivity index (χ4n) is 2.73. The summed E-state index contributed by atoms with van der Waals surface area (Å²) in [7, 11) is -3.66. The molecule has 0 spiro atoms. The molecule has 1 aromatic carbocycles. The van der Waals surface area contributed by atoms with Gasteiger partial charge in [-0.1, -0.05) is 17.4 Å². The molecule has 1 aliphatic heterocycles. The van der Waals surface area contributed by atoms with E-state index < -0.39 is 10.0 Å². The van der Waals surface area contributed by atoms with Gasteiger partial charge >= 0.3 is 0 Å². The lowest BCUT2D eigenvalue weighted by molar-refractivity contribution is 0.0730. The summed E-state index contributed by atoms with van der Waals surface area (Å²) in [4.78, 5) is 17.2.